The number of hydrogen-bond donors (Lipinski definition) is 2. The lowest BCUT2D eigenvalue weighted by Crippen LogP contribution is -2.30. The Bertz CT molecular complexity index is 873. The zero-order valence-corrected chi connectivity index (χ0v) is 17.3. The third-order valence-electron chi connectivity index (χ3n) is 5.50. The van der Waals surface area contributed by atoms with E-state index in [2.05, 4.69) is 71.7 Å². The summed E-state index contributed by atoms with van der Waals surface area (Å²) in [6, 6.07) is 6.30. The molecule has 1 aliphatic heterocycles. The average molecular weight is 377 g/mol. The van der Waals surface area contributed by atoms with E-state index in [1.807, 2.05) is 6.07 Å². The molecular formula is C24H32N4. The van der Waals surface area contributed by atoms with E-state index in [4.69, 9.17) is 0 Å². The molecule has 0 bridgehead atoms. The fraction of sp³-hybridized carbons (Fsp3) is 0.417. The molecule has 0 radical (unpaired) electrons. The summed E-state index contributed by atoms with van der Waals surface area (Å²) in [5.41, 5.74) is 7.18. The molecule has 28 heavy (non-hydrogen) atoms. The first-order valence-electron chi connectivity index (χ1n) is 10.4. The second-order valence-electron chi connectivity index (χ2n) is 7.45. The number of piperidine rings is 1. The minimum absolute atomic E-state index is 0.600. The van der Waals surface area contributed by atoms with Crippen molar-refractivity contribution in [1.82, 2.24) is 20.6 Å². The number of benzene rings is 1. The van der Waals surface area contributed by atoms with Gasteiger partial charge in [-0.1, -0.05) is 36.8 Å². The van der Waals surface area contributed by atoms with Crippen LogP contribution in [-0.2, 0) is 6.54 Å². The smallest absolute Gasteiger partial charge is 0.0890 e. The van der Waals surface area contributed by atoms with E-state index < -0.39 is 0 Å². The minimum Gasteiger partial charge on any atom is -0.381 e. The molecule has 4 nitrogen and oxygen atoms in total. The molecule has 1 aromatic heterocycles. The second-order valence-corrected chi connectivity index (χ2v) is 7.45. The lowest BCUT2D eigenvalue weighted by atomic mass is 9.87. The van der Waals surface area contributed by atoms with Crippen LogP contribution >= 0.6 is 0 Å². The molecule has 0 saturated carbocycles. The molecule has 1 fully saturated rings. The Kier molecular flexibility index (Phi) is 7.38. The van der Waals surface area contributed by atoms with Gasteiger partial charge in [-0.2, -0.15) is 0 Å². The van der Waals surface area contributed by atoms with Crippen molar-refractivity contribution in [2.45, 2.75) is 46.6 Å². The Balaban J connectivity index is 1.78. The van der Waals surface area contributed by atoms with E-state index in [0.29, 0.717) is 5.92 Å². The zero-order chi connectivity index (χ0) is 19.8. The highest BCUT2D eigenvalue weighted by molar-refractivity contribution is 5.74. The average Bonchev–Trinajstić information content (AvgIpc) is 2.76. The van der Waals surface area contributed by atoms with Crippen LogP contribution in [0.5, 0.6) is 0 Å². The monoisotopic (exact) mass is 376 g/mol. The predicted octanol–water partition coefficient (Wildman–Crippen LogP) is 4.91. The summed E-state index contributed by atoms with van der Waals surface area (Å²) in [6.07, 6.45) is 13.8. The first kappa shape index (κ1) is 20.3. The summed E-state index contributed by atoms with van der Waals surface area (Å²) in [4.78, 5) is 8.78. The number of hydrogen-bond acceptors (Lipinski definition) is 4. The molecule has 0 atom stereocenters. The summed E-state index contributed by atoms with van der Waals surface area (Å²) in [6.45, 7) is 9.51. The first-order valence-corrected chi connectivity index (χ1v) is 10.4. The Morgan fingerprint density at radius 1 is 1.14 bits per heavy atom. The molecule has 3 rings (SSSR count). The summed E-state index contributed by atoms with van der Waals surface area (Å²) in [5, 5.41) is 7.17. The SMILES string of the molecule is C\C=C(NCc1ccc2nccnc2c1)/C(=C\C=C(/C)CC)C1CCNCC1. The van der Waals surface area contributed by atoms with Gasteiger partial charge in [-0.05, 0) is 75.4 Å². The maximum absolute atomic E-state index is 4.42. The van der Waals surface area contributed by atoms with Crippen molar-refractivity contribution < 1.29 is 0 Å². The van der Waals surface area contributed by atoms with Gasteiger partial charge < -0.3 is 10.6 Å². The fourth-order valence-corrected chi connectivity index (χ4v) is 3.62. The van der Waals surface area contributed by atoms with Gasteiger partial charge >= 0.3 is 0 Å². The van der Waals surface area contributed by atoms with Crippen LogP contribution in [-0.4, -0.2) is 23.1 Å². The molecule has 148 valence electrons. The summed E-state index contributed by atoms with van der Waals surface area (Å²) < 4.78 is 0. The van der Waals surface area contributed by atoms with E-state index in [-0.39, 0.29) is 0 Å². The maximum atomic E-state index is 4.42. The van der Waals surface area contributed by atoms with E-state index in [1.165, 1.54) is 35.2 Å². The molecule has 1 aliphatic rings. The van der Waals surface area contributed by atoms with Gasteiger partial charge in [0, 0.05) is 24.6 Å². The van der Waals surface area contributed by atoms with Gasteiger partial charge in [-0.15, -0.1) is 0 Å². The van der Waals surface area contributed by atoms with Crippen LogP contribution in [0.25, 0.3) is 11.0 Å². The van der Waals surface area contributed by atoms with Crippen molar-refractivity contribution in [2.75, 3.05) is 13.1 Å². The molecule has 4 heteroatoms. The molecular weight excluding hydrogens is 344 g/mol. The predicted molar refractivity (Wildman–Crippen MR) is 118 cm³/mol. The van der Waals surface area contributed by atoms with E-state index >= 15 is 0 Å². The van der Waals surface area contributed by atoms with Crippen LogP contribution in [0.1, 0.15) is 45.6 Å². The topological polar surface area (TPSA) is 49.8 Å². The lowest BCUT2D eigenvalue weighted by molar-refractivity contribution is 0.419. The van der Waals surface area contributed by atoms with E-state index in [9.17, 15) is 0 Å². The van der Waals surface area contributed by atoms with Crippen molar-refractivity contribution in [1.29, 1.82) is 0 Å². The maximum Gasteiger partial charge on any atom is 0.0890 e. The lowest BCUT2D eigenvalue weighted by Gasteiger charge is -2.27. The number of aromatic nitrogens is 2. The Hall–Kier alpha value is -2.46. The van der Waals surface area contributed by atoms with Crippen LogP contribution in [0.4, 0.5) is 0 Å². The van der Waals surface area contributed by atoms with Crippen molar-refractivity contribution in [3.63, 3.8) is 0 Å². The number of nitrogens with one attached hydrogen (secondary N) is 2. The van der Waals surface area contributed by atoms with Crippen LogP contribution in [0, 0.1) is 5.92 Å². The first-order chi connectivity index (χ1) is 13.7. The van der Waals surface area contributed by atoms with Crippen molar-refractivity contribution in [2.24, 2.45) is 5.92 Å². The van der Waals surface area contributed by atoms with Crippen molar-refractivity contribution in [3.05, 3.63) is 71.2 Å². The molecule has 0 aliphatic carbocycles. The largest absolute Gasteiger partial charge is 0.381 e. The highest BCUT2D eigenvalue weighted by atomic mass is 14.9. The number of fused-ring (bicyclic) bond motifs is 1. The van der Waals surface area contributed by atoms with Gasteiger partial charge in [0.15, 0.2) is 0 Å². The van der Waals surface area contributed by atoms with Crippen LogP contribution in [0.15, 0.2) is 65.7 Å². The minimum atomic E-state index is 0.600. The van der Waals surface area contributed by atoms with Crippen molar-refractivity contribution >= 4 is 11.0 Å². The number of nitrogens with zero attached hydrogens (tertiary/aromatic N) is 2. The Labute approximate surface area is 168 Å². The summed E-state index contributed by atoms with van der Waals surface area (Å²) >= 11 is 0. The highest BCUT2D eigenvalue weighted by Crippen LogP contribution is 2.27. The molecule has 2 heterocycles. The van der Waals surface area contributed by atoms with Gasteiger partial charge in [0.05, 0.1) is 11.0 Å². The summed E-state index contributed by atoms with van der Waals surface area (Å²) in [5.74, 6) is 0.600. The van der Waals surface area contributed by atoms with Gasteiger partial charge in [-0.25, -0.2) is 0 Å². The third-order valence-corrected chi connectivity index (χ3v) is 5.50. The molecule has 2 aromatic rings. The molecule has 1 aromatic carbocycles. The van der Waals surface area contributed by atoms with Gasteiger partial charge in [0.25, 0.3) is 0 Å². The van der Waals surface area contributed by atoms with Crippen LogP contribution < -0.4 is 10.6 Å². The Morgan fingerprint density at radius 3 is 2.61 bits per heavy atom. The van der Waals surface area contributed by atoms with E-state index in [1.54, 1.807) is 12.4 Å². The van der Waals surface area contributed by atoms with Crippen molar-refractivity contribution in [3.8, 4) is 0 Å². The number of allylic oxidation sites excluding steroid dienone is 5. The normalized spacial score (nSPS) is 17.2. The highest BCUT2D eigenvalue weighted by Gasteiger charge is 2.19. The second kappa shape index (κ2) is 10.2. The van der Waals surface area contributed by atoms with Crippen LogP contribution in [0.3, 0.4) is 0 Å². The standard InChI is InChI=1S/C24H32N4/c1-4-18(3)6-8-21(20-10-12-25-13-11-20)22(5-2)28-17-19-7-9-23-24(16-19)27-15-14-26-23/h5-9,14-16,20,25,28H,4,10-13,17H2,1-3H3/b18-6+,21-8-,22-5+. The molecule has 1 saturated heterocycles. The Morgan fingerprint density at radius 2 is 1.89 bits per heavy atom. The third kappa shape index (κ3) is 5.29. The molecule has 0 amide bonds. The molecule has 0 spiro atoms. The quantitative estimate of drug-likeness (QED) is 0.675. The fourth-order valence-electron chi connectivity index (χ4n) is 3.62. The molecule has 0 unspecified atom stereocenters. The van der Waals surface area contributed by atoms with Gasteiger partial charge in [0.1, 0.15) is 0 Å². The van der Waals surface area contributed by atoms with E-state index in [0.717, 1.165) is 37.1 Å². The van der Waals surface area contributed by atoms with Gasteiger partial charge in [0.2, 0.25) is 0 Å². The van der Waals surface area contributed by atoms with Crippen LogP contribution in [0.2, 0.25) is 0 Å². The zero-order valence-electron chi connectivity index (χ0n) is 17.3. The van der Waals surface area contributed by atoms with Gasteiger partial charge in [-0.3, -0.25) is 9.97 Å². The molecule has 2 N–H and O–H groups in total. The number of rotatable bonds is 7. The summed E-state index contributed by atoms with van der Waals surface area (Å²) in [7, 11) is 0.